The summed E-state index contributed by atoms with van der Waals surface area (Å²) in [6.07, 6.45) is 2.70. The van der Waals surface area contributed by atoms with Gasteiger partial charge in [-0.3, -0.25) is 0 Å². The number of hydrogen-bond acceptors (Lipinski definition) is 4. The molecule has 1 unspecified atom stereocenters. The van der Waals surface area contributed by atoms with Gasteiger partial charge in [0.25, 0.3) is 0 Å². The fraction of sp³-hybridized carbons (Fsp3) is 0.500. The van der Waals surface area contributed by atoms with E-state index >= 15 is 0 Å². The van der Waals surface area contributed by atoms with Crippen molar-refractivity contribution in [3.63, 3.8) is 0 Å². The minimum absolute atomic E-state index is 0.00902. The zero-order valence-corrected chi connectivity index (χ0v) is 12.6. The van der Waals surface area contributed by atoms with Gasteiger partial charge in [0.05, 0.1) is 16.6 Å². The topological polar surface area (TPSA) is 92.7 Å². The van der Waals surface area contributed by atoms with E-state index in [1.54, 1.807) is 6.92 Å². The van der Waals surface area contributed by atoms with Crippen molar-refractivity contribution < 1.29 is 23.1 Å². The van der Waals surface area contributed by atoms with Crippen molar-refractivity contribution in [2.45, 2.75) is 37.2 Å². The van der Waals surface area contributed by atoms with E-state index in [0.29, 0.717) is 12.0 Å². The van der Waals surface area contributed by atoms with Crippen LogP contribution >= 0.6 is 0 Å². The van der Waals surface area contributed by atoms with E-state index in [1.807, 2.05) is 0 Å². The Labute approximate surface area is 124 Å². The summed E-state index contributed by atoms with van der Waals surface area (Å²) in [5.74, 6) is -1.15. The van der Waals surface area contributed by atoms with Gasteiger partial charge in [-0.25, -0.2) is 17.9 Å². The Hall–Kier alpha value is -1.44. The van der Waals surface area contributed by atoms with Crippen LogP contribution in [0.15, 0.2) is 23.1 Å². The third-order valence-electron chi connectivity index (χ3n) is 3.51. The van der Waals surface area contributed by atoms with Crippen molar-refractivity contribution in [2.24, 2.45) is 0 Å². The lowest BCUT2D eigenvalue weighted by Crippen LogP contribution is -2.28. The molecule has 1 saturated heterocycles. The van der Waals surface area contributed by atoms with Crippen molar-refractivity contribution >= 4 is 16.0 Å². The molecule has 0 radical (unpaired) electrons. The third-order valence-corrected chi connectivity index (χ3v) is 5.11. The zero-order valence-electron chi connectivity index (χ0n) is 11.8. The maximum Gasteiger partial charge on any atom is 0.335 e. The Balaban J connectivity index is 2.07. The van der Waals surface area contributed by atoms with Crippen LogP contribution < -0.4 is 4.72 Å². The summed E-state index contributed by atoms with van der Waals surface area (Å²) in [6, 6.07) is 4.08. The van der Waals surface area contributed by atoms with Crippen molar-refractivity contribution in [3.05, 3.63) is 29.3 Å². The SMILES string of the molecule is Cc1ccc(C(=O)O)cc1S(=O)(=O)NCCC1CCCO1. The summed E-state index contributed by atoms with van der Waals surface area (Å²) in [7, 11) is -3.71. The van der Waals surface area contributed by atoms with Crippen LogP contribution in [0, 0.1) is 6.92 Å². The fourth-order valence-corrected chi connectivity index (χ4v) is 3.64. The lowest BCUT2D eigenvalue weighted by atomic mass is 10.1. The van der Waals surface area contributed by atoms with Crippen molar-refractivity contribution in [1.29, 1.82) is 0 Å². The number of aryl methyl sites for hydroxylation is 1. The normalized spacial score (nSPS) is 18.8. The Morgan fingerprint density at radius 2 is 2.24 bits per heavy atom. The molecule has 1 fully saturated rings. The average molecular weight is 313 g/mol. The number of hydrogen-bond donors (Lipinski definition) is 2. The van der Waals surface area contributed by atoms with E-state index in [-0.39, 0.29) is 23.1 Å². The Morgan fingerprint density at radius 1 is 1.48 bits per heavy atom. The molecule has 1 heterocycles. The van der Waals surface area contributed by atoms with Gasteiger partial charge in [0.2, 0.25) is 10.0 Å². The van der Waals surface area contributed by atoms with E-state index in [2.05, 4.69) is 4.72 Å². The number of carboxylic acid groups (broad SMARTS) is 1. The summed E-state index contributed by atoms with van der Waals surface area (Å²) in [6.45, 7) is 2.65. The van der Waals surface area contributed by atoms with E-state index in [0.717, 1.165) is 19.4 Å². The molecule has 7 heteroatoms. The molecule has 1 aromatic rings. The molecule has 21 heavy (non-hydrogen) atoms. The Morgan fingerprint density at radius 3 is 2.86 bits per heavy atom. The van der Waals surface area contributed by atoms with Crippen LogP contribution in [0.2, 0.25) is 0 Å². The van der Waals surface area contributed by atoms with Gasteiger partial charge in [-0.15, -0.1) is 0 Å². The molecular weight excluding hydrogens is 294 g/mol. The maximum atomic E-state index is 12.3. The van der Waals surface area contributed by atoms with E-state index < -0.39 is 16.0 Å². The second-order valence-corrected chi connectivity index (χ2v) is 6.84. The van der Waals surface area contributed by atoms with Crippen molar-refractivity contribution in [3.8, 4) is 0 Å². The van der Waals surface area contributed by atoms with E-state index in [4.69, 9.17) is 9.84 Å². The van der Waals surface area contributed by atoms with Gasteiger partial charge in [-0.2, -0.15) is 0 Å². The first kappa shape index (κ1) is 15.9. The second-order valence-electron chi connectivity index (χ2n) is 5.11. The first-order valence-corrected chi connectivity index (χ1v) is 8.33. The van der Waals surface area contributed by atoms with Crippen LogP contribution in [-0.2, 0) is 14.8 Å². The summed E-state index contributed by atoms with van der Waals surface area (Å²) in [5, 5.41) is 8.95. The Bertz CT molecular complexity index is 620. The highest BCUT2D eigenvalue weighted by atomic mass is 32.2. The fourth-order valence-electron chi connectivity index (χ4n) is 2.33. The van der Waals surface area contributed by atoms with Crippen LogP contribution in [0.25, 0.3) is 0 Å². The molecule has 0 saturated carbocycles. The van der Waals surface area contributed by atoms with Crippen molar-refractivity contribution in [2.75, 3.05) is 13.2 Å². The van der Waals surface area contributed by atoms with Gasteiger partial charge in [0.15, 0.2) is 0 Å². The summed E-state index contributed by atoms with van der Waals surface area (Å²) >= 11 is 0. The molecule has 1 atom stereocenters. The molecule has 0 aromatic heterocycles. The number of sulfonamides is 1. The highest BCUT2D eigenvalue weighted by molar-refractivity contribution is 7.89. The smallest absolute Gasteiger partial charge is 0.335 e. The van der Waals surface area contributed by atoms with Crippen LogP contribution in [0.4, 0.5) is 0 Å². The first-order chi connectivity index (χ1) is 9.90. The third kappa shape index (κ3) is 4.03. The van der Waals surface area contributed by atoms with Gasteiger partial charge in [-0.05, 0) is 43.9 Å². The standard InChI is InChI=1S/C14H19NO5S/c1-10-4-5-11(14(16)17)9-13(10)21(18,19)15-7-6-12-3-2-8-20-12/h4-5,9,12,15H,2-3,6-8H2,1H3,(H,16,17). The monoisotopic (exact) mass is 313 g/mol. The summed E-state index contributed by atoms with van der Waals surface area (Å²) < 4.78 is 32.5. The lowest BCUT2D eigenvalue weighted by molar-refractivity contribution is 0.0696. The lowest BCUT2D eigenvalue weighted by Gasteiger charge is -2.12. The summed E-state index contributed by atoms with van der Waals surface area (Å²) in [4.78, 5) is 11.0. The van der Waals surface area contributed by atoms with Gasteiger partial charge >= 0.3 is 5.97 Å². The molecule has 0 spiro atoms. The predicted octanol–water partition coefficient (Wildman–Crippen LogP) is 1.54. The average Bonchev–Trinajstić information content (AvgIpc) is 2.91. The molecule has 1 aliphatic heterocycles. The zero-order chi connectivity index (χ0) is 15.5. The molecule has 1 aliphatic rings. The number of rotatable bonds is 6. The van der Waals surface area contributed by atoms with Crippen LogP contribution in [-0.4, -0.2) is 38.7 Å². The number of carboxylic acids is 1. The predicted molar refractivity (Wildman–Crippen MR) is 76.9 cm³/mol. The number of aromatic carboxylic acids is 1. The molecule has 0 aliphatic carbocycles. The largest absolute Gasteiger partial charge is 0.478 e. The molecule has 6 nitrogen and oxygen atoms in total. The molecule has 1 aromatic carbocycles. The van der Waals surface area contributed by atoms with Gasteiger partial charge < -0.3 is 9.84 Å². The minimum atomic E-state index is -3.71. The van der Waals surface area contributed by atoms with Crippen LogP contribution in [0.3, 0.4) is 0 Å². The van der Waals surface area contributed by atoms with Crippen molar-refractivity contribution in [1.82, 2.24) is 4.72 Å². The van der Waals surface area contributed by atoms with Crippen LogP contribution in [0.5, 0.6) is 0 Å². The van der Waals surface area contributed by atoms with Gasteiger partial charge in [-0.1, -0.05) is 6.07 Å². The number of carbonyl (C=O) groups is 1. The molecular formula is C14H19NO5S. The number of ether oxygens (including phenoxy) is 1. The van der Waals surface area contributed by atoms with Gasteiger partial charge in [0, 0.05) is 13.2 Å². The molecule has 116 valence electrons. The maximum absolute atomic E-state index is 12.3. The molecule has 2 N–H and O–H groups in total. The molecule has 2 rings (SSSR count). The summed E-state index contributed by atoms with van der Waals surface area (Å²) in [5.41, 5.74) is 0.477. The Kier molecular flexibility index (Phi) is 4.97. The number of benzene rings is 1. The first-order valence-electron chi connectivity index (χ1n) is 6.85. The quantitative estimate of drug-likeness (QED) is 0.831. The highest BCUT2D eigenvalue weighted by Crippen LogP contribution is 2.18. The van der Waals surface area contributed by atoms with E-state index in [9.17, 15) is 13.2 Å². The minimum Gasteiger partial charge on any atom is -0.478 e. The highest BCUT2D eigenvalue weighted by Gasteiger charge is 2.20. The van der Waals surface area contributed by atoms with Crippen LogP contribution in [0.1, 0.15) is 35.2 Å². The van der Waals surface area contributed by atoms with Gasteiger partial charge in [0.1, 0.15) is 0 Å². The van der Waals surface area contributed by atoms with E-state index in [1.165, 1.54) is 18.2 Å². The molecule has 0 amide bonds. The number of nitrogens with one attached hydrogen (secondary N) is 1. The second kappa shape index (κ2) is 6.55. The molecule has 0 bridgehead atoms.